The lowest BCUT2D eigenvalue weighted by molar-refractivity contribution is -0.137. The van der Waals surface area contributed by atoms with Gasteiger partial charge in [0.25, 0.3) is 5.91 Å². The average Bonchev–Trinajstić information content (AvgIpc) is 2.87. The van der Waals surface area contributed by atoms with E-state index in [1.54, 1.807) is 18.3 Å². The molecule has 0 aliphatic carbocycles. The van der Waals surface area contributed by atoms with E-state index >= 15 is 0 Å². The van der Waals surface area contributed by atoms with Crippen molar-refractivity contribution in [3.05, 3.63) is 59.9 Å². The van der Waals surface area contributed by atoms with Gasteiger partial charge in [-0.1, -0.05) is 30.3 Å². The number of carbonyl (C=O) groups excluding carboxylic acids is 1. The summed E-state index contributed by atoms with van der Waals surface area (Å²) in [6.07, 6.45) is 2.32. The van der Waals surface area contributed by atoms with Gasteiger partial charge in [0, 0.05) is 12.2 Å². The number of nitrogens with zero attached hydrogens (tertiary/aromatic N) is 1. The Bertz CT molecular complexity index is 619. The third kappa shape index (κ3) is 4.21. The fraction of sp³-hybridized carbons (Fsp3) is 0.250. The average molecular weight is 286 g/mol. The van der Waals surface area contributed by atoms with Crippen LogP contribution in [0.4, 0.5) is 0 Å². The van der Waals surface area contributed by atoms with Crippen molar-refractivity contribution in [2.75, 3.05) is 0 Å². The maximum atomic E-state index is 12.2. The first kappa shape index (κ1) is 14.8. The number of carbonyl (C=O) groups is 2. The minimum Gasteiger partial charge on any atom is -0.480 e. The number of benzene rings is 1. The third-order valence-electron chi connectivity index (χ3n) is 3.13. The Labute approximate surface area is 123 Å². The second-order valence-corrected chi connectivity index (χ2v) is 4.98. The molecule has 0 saturated heterocycles. The van der Waals surface area contributed by atoms with Crippen LogP contribution in [0.25, 0.3) is 0 Å². The van der Waals surface area contributed by atoms with Crippen LogP contribution in [-0.2, 0) is 17.8 Å². The summed E-state index contributed by atoms with van der Waals surface area (Å²) in [6.45, 7) is 1.71. The predicted octanol–water partition coefficient (Wildman–Crippen LogP) is 1.93. The van der Waals surface area contributed by atoms with E-state index in [-0.39, 0.29) is 18.5 Å². The first-order valence-corrected chi connectivity index (χ1v) is 6.78. The van der Waals surface area contributed by atoms with Gasteiger partial charge in [-0.25, -0.2) is 0 Å². The molecule has 0 saturated carbocycles. The highest BCUT2D eigenvalue weighted by molar-refractivity contribution is 5.93. The van der Waals surface area contributed by atoms with Crippen LogP contribution in [0.2, 0.25) is 0 Å². The van der Waals surface area contributed by atoms with Crippen LogP contribution in [0.5, 0.6) is 0 Å². The zero-order valence-electron chi connectivity index (χ0n) is 11.8. The standard InChI is InChI=1S/C16H18N2O3/c1-12(10-13-6-3-2-4-7-13)17-16(21)14-8-5-9-18(14)11-15(19)20/h2-9,12H,10-11H2,1H3,(H,17,21)(H,19,20). The van der Waals surface area contributed by atoms with Crippen LogP contribution < -0.4 is 5.32 Å². The van der Waals surface area contributed by atoms with Gasteiger partial charge in [-0.15, -0.1) is 0 Å². The molecule has 0 aliphatic heterocycles. The monoisotopic (exact) mass is 286 g/mol. The first-order valence-electron chi connectivity index (χ1n) is 6.78. The molecule has 5 nitrogen and oxygen atoms in total. The molecule has 1 heterocycles. The van der Waals surface area contributed by atoms with Crippen LogP contribution in [0.15, 0.2) is 48.7 Å². The quantitative estimate of drug-likeness (QED) is 0.852. The molecule has 1 aromatic carbocycles. The zero-order valence-corrected chi connectivity index (χ0v) is 11.8. The number of hydrogen-bond donors (Lipinski definition) is 2. The van der Waals surface area contributed by atoms with Crippen LogP contribution in [0, 0.1) is 0 Å². The molecule has 0 fully saturated rings. The Morgan fingerprint density at radius 2 is 1.90 bits per heavy atom. The van der Waals surface area contributed by atoms with Crippen molar-refractivity contribution in [2.45, 2.75) is 25.9 Å². The molecule has 2 rings (SSSR count). The maximum absolute atomic E-state index is 12.2. The lowest BCUT2D eigenvalue weighted by Crippen LogP contribution is -2.35. The van der Waals surface area contributed by atoms with Crippen molar-refractivity contribution < 1.29 is 14.7 Å². The summed E-state index contributed by atoms with van der Waals surface area (Å²) in [5.74, 6) is -1.23. The number of amides is 1. The summed E-state index contributed by atoms with van der Waals surface area (Å²) in [7, 11) is 0. The van der Waals surface area contributed by atoms with Gasteiger partial charge in [0.15, 0.2) is 0 Å². The fourth-order valence-electron chi connectivity index (χ4n) is 2.22. The van der Waals surface area contributed by atoms with Crippen LogP contribution in [-0.4, -0.2) is 27.6 Å². The predicted molar refractivity (Wildman–Crippen MR) is 79.1 cm³/mol. The Hall–Kier alpha value is -2.56. The molecular formula is C16H18N2O3. The van der Waals surface area contributed by atoms with E-state index in [1.807, 2.05) is 37.3 Å². The van der Waals surface area contributed by atoms with Gasteiger partial charge in [-0.3, -0.25) is 9.59 Å². The summed E-state index contributed by atoms with van der Waals surface area (Å²) >= 11 is 0. The summed E-state index contributed by atoms with van der Waals surface area (Å²) in [6, 6.07) is 13.1. The molecule has 1 atom stereocenters. The highest BCUT2D eigenvalue weighted by atomic mass is 16.4. The molecule has 110 valence electrons. The number of rotatable bonds is 6. The van der Waals surface area contributed by atoms with Crippen LogP contribution in [0.3, 0.4) is 0 Å². The molecule has 1 amide bonds. The molecule has 0 spiro atoms. The molecule has 2 N–H and O–H groups in total. The highest BCUT2D eigenvalue weighted by Gasteiger charge is 2.15. The number of aromatic nitrogens is 1. The largest absolute Gasteiger partial charge is 0.480 e. The summed E-state index contributed by atoms with van der Waals surface area (Å²) in [4.78, 5) is 22.9. The lowest BCUT2D eigenvalue weighted by atomic mass is 10.1. The summed E-state index contributed by atoms with van der Waals surface area (Å²) < 4.78 is 1.42. The summed E-state index contributed by atoms with van der Waals surface area (Å²) in [5, 5.41) is 11.7. The maximum Gasteiger partial charge on any atom is 0.323 e. The van der Waals surface area contributed by atoms with E-state index in [1.165, 1.54) is 4.57 Å². The molecule has 0 aliphatic rings. The second-order valence-electron chi connectivity index (χ2n) is 4.98. The van der Waals surface area contributed by atoms with E-state index in [9.17, 15) is 9.59 Å². The Kier molecular flexibility index (Phi) is 4.77. The normalized spacial score (nSPS) is 11.9. The molecule has 0 bridgehead atoms. The van der Waals surface area contributed by atoms with Gasteiger partial charge in [0.2, 0.25) is 0 Å². The van der Waals surface area contributed by atoms with Crippen molar-refractivity contribution in [2.24, 2.45) is 0 Å². The van der Waals surface area contributed by atoms with Gasteiger partial charge < -0.3 is 15.0 Å². The van der Waals surface area contributed by atoms with Gasteiger partial charge in [-0.2, -0.15) is 0 Å². The van der Waals surface area contributed by atoms with Crippen molar-refractivity contribution in [3.63, 3.8) is 0 Å². The minimum absolute atomic E-state index is 0.0342. The molecule has 5 heteroatoms. The summed E-state index contributed by atoms with van der Waals surface area (Å²) in [5.41, 5.74) is 1.50. The third-order valence-corrected chi connectivity index (χ3v) is 3.13. The molecule has 1 aromatic heterocycles. The van der Waals surface area contributed by atoms with Gasteiger partial charge in [0.1, 0.15) is 12.2 Å². The molecule has 0 radical (unpaired) electrons. The van der Waals surface area contributed by atoms with Crippen molar-refractivity contribution in [3.8, 4) is 0 Å². The number of hydrogen-bond acceptors (Lipinski definition) is 2. The Morgan fingerprint density at radius 1 is 1.19 bits per heavy atom. The van der Waals surface area contributed by atoms with Gasteiger partial charge in [-0.05, 0) is 31.0 Å². The van der Waals surface area contributed by atoms with Gasteiger partial charge in [0.05, 0.1) is 0 Å². The SMILES string of the molecule is CC(Cc1ccccc1)NC(=O)c1cccn1CC(=O)O. The highest BCUT2D eigenvalue weighted by Crippen LogP contribution is 2.06. The van der Waals surface area contributed by atoms with Crippen molar-refractivity contribution in [1.29, 1.82) is 0 Å². The topological polar surface area (TPSA) is 71.3 Å². The Balaban J connectivity index is 1.98. The lowest BCUT2D eigenvalue weighted by Gasteiger charge is -2.15. The molecule has 1 unspecified atom stereocenters. The number of aliphatic carboxylic acids is 1. The smallest absolute Gasteiger partial charge is 0.323 e. The number of nitrogens with one attached hydrogen (secondary N) is 1. The number of carboxylic acids is 1. The van der Waals surface area contributed by atoms with Crippen molar-refractivity contribution in [1.82, 2.24) is 9.88 Å². The van der Waals surface area contributed by atoms with Crippen LogP contribution in [0.1, 0.15) is 23.0 Å². The first-order chi connectivity index (χ1) is 10.1. The van der Waals surface area contributed by atoms with E-state index in [0.29, 0.717) is 5.69 Å². The van der Waals surface area contributed by atoms with Crippen LogP contribution >= 0.6 is 0 Å². The second kappa shape index (κ2) is 6.74. The van der Waals surface area contributed by atoms with Crippen molar-refractivity contribution >= 4 is 11.9 Å². The van der Waals surface area contributed by atoms with E-state index in [0.717, 1.165) is 12.0 Å². The van der Waals surface area contributed by atoms with E-state index < -0.39 is 5.97 Å². The molecule has 21 heavy (non-hydrogen) atoms. The fourth-order valence-corrected chi connectivity index (χ4v) is 2.22. The van der Waals surface area contributed by atoms with E-state index in [2.05, 4.69) is 5.32 Å². The number of carboxylic acid groups (broad SMARTS) is 1. The minimum atomic E-state index is -0.974. The zero-order chi connectivity index (χ0) is 15.2. The van der Waals surface area contributed by atoms with Gasteiger partial charge >= 0.3 is 5.97 Å². The molecular weight excluding hydrogens is 268 g/mol. The van der Waals surface area contributed by atoms with E-state index in [4.69, 9.17) is 5.11 Å². The molecule has 2 aromatic rings. The Morgan fingerprint density at radius 3 is 2.57 bits per heavy atom.